The van der Waals surface area contributed by atoms with E-state index in [0.29, 0.717) is 6.04 Å². The van der Waals surface area contributed by atoms with E-state index in [4.69, 9.17) is 12.2 Å². The molecule has 0 bridgehead atoms. The molecule has 3 atom stereocenters. The average molecular weight is 270 g/mol. The highest BCUT2D eigenvalue weighted by molar-refractivity contribution is 7.80. The number of nitrogens with one attached hydrogen (secondary N) is 2. The van der Waals surface area contributed by atoms with E-state index in [0.717, 1.165) is 23.5 Å². The molecule has 2 nitrogen and oxygen atoms in total. The van der Waals surface area contributed by atoms with E-state index in [1.165, 1.54) is 44.9 Å². The second kappa shape index (κ2) is 8.73. The molecule has 0 spiro atoms. The molecule has 1 aliphatic carbocycles. The molecule has 106 valence electrons. The molecule has 0 aromatic heterocycles. The molecule has 0 radical (unpaired) electrons. The highest BCUT2D eigenvalue weighted by Crippen LogP contribution is 2.24. The van der Waals surface area contributed by atoms with Gasteiger partial charge < -0.3 is 10.6 Å². The van der Waals surface area contributed by atoms with Crippen LogP contribution in [0.15, 0.2) is 0 Å². The maximum absolute atomic E-state index is 5.39. The summed E-state index contributed by atoms with van der Waals surface area (Å²) in [5.41, 5.74) is 0. The standard InChI is InChI=1S/C15H30N2S/c1-4-6-7-13(5-2)11-16-15(18)17-14-9-8-12(3)10-14/h12-14H,4-11H2,1-3H3,(H2,16,17,18). The van der Waals surface area contributed by atoms with Gasteiger partial charge in [0.2, 0.25) is 0 Å². The molecule has 1 rings (SSSR count). The molecule has 0 aliphatic heterocycles. The second-order valence-corrected chi connectivity index (χ2v) is 6.29. The summed E-state index contributed by atoms with van der Waals surface area (Å²) < 4.78 is 0. The first kappa shape index (κ1) is 15.7. The van der Waals surface area contributed by atoms with Crippen LogP contribution < -0.4 is 10.6 Å². The van der Waals surface area contributed by atoms with Gasteiger partial charge in [0.25, 0.3) is 0 Å². The first-order chi connectivity index (χ1) is 8.65. The Morgan fingerprint density at radius 2 is 2.11 bits per heavy atom. The van der Waals surface area contributed by atoms with Crippen molar-refractivity contribution in [3.8, 4) is 0 Å². The van der Waals surface area contributed by atoms with Crippen LogP contribution >= 0.6 is 12.2 Å². The fourth-order valence-corrected chi connectivity index (χ4v) is 3.00. The Morgan fingerprint density at radius 1 is 1.33 bits per heavy atom. The minimum atomic E-state index is 0.607. The van der Waals surface area contributed by atoms with Gasteiger partial charge in [-0.1, -0.05) is 40.0 Å². The molecule has 3 unspecified atom stereocenters. The number of thiocarbonyl (C=S) groups is 1. The van der Waals surface area contributed by atoms with Crippen LogP contribution in [-0.2, 0) is 0 Å². The summed E-state index contributed by atoms with van der Waals surface area (Å²) in [7, 11) is 0. The molecule has 18 heavy (non-hydrogen) atoms. The normalized spacial score (nSPS) is 24.8. The monoisotopic (exact) mass is 270 g/mol. The van der Waals surface area contributed by atoms with Gasteiger partial charge in [0.1, 0.15) is 0 Å². The van der Waals surface area contributed by atoms with E-state index >= 15 is 0 Å². The lowest BCUT2D eigenvalue weighted by Crippen LogP contribution is -2.42. The van der Waals surface area contributed by atoms with E-state index in [-0.39, 0.29) is 0 Å². The summed E-state index contributed by atoms with van der Waals surface area (Å²) in [4.78, 5) is 0. The molecular formula is C15H30N2S. The van der Waals surface area contributed by atoms with Gasteiger partial charge in [-0.15, -0.1) is 0 Å². The summed E-state index contributed by atoms with van der Waals surface area (Å²) in [6, 6.07) is 0.607. The molecule has 0 saturated heterocycles. The van der Waals surface area contributed by atoms with Gasteiger partial charge in [-0.25, -0.2) is 0 Å². The smallest absolute Gasteiger partial charge is 0.166 e. The van der Waals surface area contributed by atoms with Crippen LogP contribution in [0.1, 0.15) is 65.7 Å². The van der Waals surface area contributed by atoms with Gasteiger partial charge in [0, 0.05) is 12.6 Å². The second-order valence-electron chi connectivity index (χ2n) is 5.89. The highest BCUT2D eigenvalue weighted by Gasteiger charge is 2.21. The number of hydrogen-bond donors (Lipinski definition) is 2. The fourth-order valence-electron chi connectivity index (χ4n) is 2.75. The summed E-state index contributed by atoms with van der Waals surface area (Å²) in [6.45, 7) is 7.89. The lowest BCUT2D eigenvalue weighted by atomic mass is 9.99. The zero-order valence-electron chi connectivity index (χ0n) is 12.3. The van der Waals surface area contributed by atoms with E-state index in [1.54, 1.807) is 0 Å². The summed E-state index contributed by atoms with van der Waals surface area (Å²) in [5, 5.41) is 7.73. The maximum atomic E-state index is 5.39. The van der Waals surface area contributed by atoms with E-state index < -0.39 is 0 Å². The zero-order chi connectivity index (χ0) is 13.4. The summed E-state index contributed by atoms with van der Waals surface area (Å²) in [6.07, 6.45) is 9.08. The van der Waals surface area contributed by atoms with Crippen molar-refractivity contribution in [2.75, 3.05) is 6.54 Å². The van der Waals surface area contributed by atoms with Crippen molar-refractivity contribution in [3.05, 3.63) is 0 Å². The van der Waals surface area contributed by atoms with Crippen molar-refractivity contribution in [2.24, 2.45) is 11.8 Å². The third-order valence-electron chi connectivity index (χ3n) is 4.12. The first-order valence-electron chi connectivity index (χ1n) is 7.70. The van der Waals surface area contributed by atoms with Crippen LogP contribution in [-0.4, -0.2) is 17.7 Å². The zero-order valence-corrected chi connectivity index (χ0v) is 13.1. The molecule has 3 heteroatoms. The van der Waals surface area contributed by atoms with Gasteiger partial charge in [0.05, 0.1) is 0 Å². The predicted molar refractivity (Wildman–Crippen MR) is 83.8 cm³/mol. The van der Waals surface area contributed by atoms with E-state index in [1.807, 2.05) is 0 Å². The molecule has 0 amide bonds. The quantitative estimate of drug-likeness (QED) is 0.687. The van der Waals surface area contributed by atoms with Crippen LogP contribution in [0.4, 0.5) is 0 Å². The fraction of sp³-hybridized carbons (Fsp3) is 0.933. The summed E-state index contributed by atoms with van der Waals surface area (Å²) >= 11 is 5.39. The topological polar surface area (TPSA) is 24.1 Å². The van der Waals surface area contributed by atoms with Crippen LogP contribution in [0.2, 0.25) is 0 Å². The third-order valence-corrected chi connectivity index (χ3v) is 4.39. The Kier molecular flexibility index (Phi) is 7.64. The minimum absolute atomic E-state index is 0.607. The van der Waals surface area contributed by atoms with Crippen LogP contribution in [0, 0.1) is 11.8 Å². The number of rotatable bonds is 7. The van der Waals surface area contributed by atoms with Crippen LogP contribution in [0.3, 0.4) is 0 Å². The molecule has 0 aromatic rings. The van der Waals surface area contributed by atoms with E-state index in [9.17, 15) is 0 Å². The van der Waals surface area contributed by atoms with Crippen molar-refractivity contribution in [2.45, 2.75) is 71.8 Å². The molecule has 1 saturated carbocycles. The Hall–Kier alpha value is -0.310. The van der Waals surface area contributed by atoms with Crippen LogP contribution in [0.5, 0.6) is 0 Å². The van der Waals surface area contributed by atoms with Crippen LogP contribution in [0.25, 0.3) is 0 Å². The first-order valence-corrected chi connectivity index (χ1v) is 8.10. The largest absolute Gasteiger partial charge is 0.362 e. The predicted octanol–water partition coefficient (Wildman–Crippen LogP) is 3.86. The van der Waals surface area contributed by atoms with Crippen molar-refractivity contribution in [3.63, 3.8) is 0 Å². The Morgan fingerprint density at radius 3 is 2.67 bits per heavy atom. The van der Waals surface area contributed by atoms with Gasteiger partial charge in [0.15, 0.2) is 5.11 Å². The molecule has 1 fully saturated rings. The summed E-state index contributed by atoms with van der Waals surface area (Å²) in [5.74, 6) is 1.63. The van der Waals surface area contributed by atoms with Crippen molar-refractivity contribution >= 4 is 17.3 Å². The number of unbranched alkanes of at least 4 members (excludes halogenated alkanes) is 1. The molecule has 0 aromatic carbocycles. The molecule has 2 N–H and O–H groups in total. The Balaban J connectivity index is 2.15. The van der Waals surface area contributed by atoms with Gasteiger partial charge >= 0.3 is 0 Å². The van der Waals surface area contributed by atoms with Crippen molar-refractivity contribution < 1.29 is 0 Å². The highest BCUT2D eigenvalue weighted by atomic mass is 32.1. The molecule has 0 heterocycles. The number of hydrogen-bond acceptors (Lipinski definition) is 1. The van der Waals surface area contributed by atoms with Gasteiger partial charge in [-0.3, -0.25) is 0 Å². The molecule has 1 aliphatic rings. The Labute approximate surface area is 118 Å². The van der Waals surface area contributed by atoms with E-state index in [2.05, 4.69) is 31.4 Å². The van der Waals surface area contributed by atoms with Gasteiger partial charge in [-0.2, -0.15) is 0 Å². The molecular weight excluding hydrogens is 240 g/mol. The average Bonchev–Trinajstić information content (AvgIpc) is 2.75. The lowest BCUT2D eigenvalue weighted by molar-refractivity contribution is 0.443. The van der Waals surface area contributed by atoms with Gasteiger partial charge in [-0.05, 0) is 49.7 Å². The SMILES string of the molecule is CCCCC(CC)CNC(=S)NC1CCC(C)C1. The van der Waals surface area contributed by atoms with Crippen molar-refractivity contribution in [1.29, 1.82) is 0 Å². The Bertz CT molecular complexity index is 243. The lowest BCUT2D eigenvalue weighted by Gasteiger charge is -2.19. The maximum Gasteiger partial charge on any atom is 0.166 e. The minimum Gasteiger partial charge on any atom is -0.362 e. The van der Waals surface area contributed by atoms with Crippen molar-refractivity contribution in [1.82, 2.24) is 10.6 Å². The third kappa shape index (κ3) is 6.03.